The number of nitrogens with zero attached hydrogens (tertiary/aromatic N) is 1. The lowest BCUT2D eigenvalue weighted by atomic mass is 10.2. The van der Waals surface area contributed by atoms with Gasteiger partial charge in [-0.2, -0.15) is 0 Å². The number of carbonyl (C=O) groups excluding carboxylic acids is 1. The molecule has 1 aromatic carbocycles. The highest BCUT2D eigenvalue weighted by molar-refractivity contribution is 7.99. The average Bonchev–Trinajstić information content (AvgIpc) is 2.42. The number of nitrogens with two attached hydrogens (primary N) is 1. The smallest absolute Gasteiger partial charge is 0.323 e. The lowest BCUT2D eigenvalue weighted by Crippen LogP contribution is -2.46. The monoisotopic (exact) mass is 252 g/mol. The van der Waals surface area contributed by atoms with Gasteiger partial charge in [0.2, 0.25) is 5.91 Å². The highest BCUT2D eigenvalue weighted by atomic mass is 32.2. The molecule has 2 rings (SSSR count). The Labute approximate surface area is 103 Å². The summed E-state index contributed by atoms with van der Waals surface area (Å²) in [5.74, 6) is -0.927. The van der Waals surface area contributed by atoms with E-state index in [-0.39, 0.29) is 12.5 Å². The van der Waals surface area contributed by atoms with Crippen LogP contribution in [0.5, 0.6) is 0 Å². The summed E-state index contributed by atoms with van der Waals surface area (Å²) in [6.45, 7) is -0.357. The van der Waals surface area contributed by atoms with Gasteiger partial charge < -0.3 is 10.8 Å². The number of aliphatic carboxylic acids is 1. The van der Waals surface area contributed by atoms with Gasteiger partial charge in [0.1, 0.15) is 6.54 Å². The largest absolute Gasteiger partial charge is 0.480 e. The van der Waals surface area contributed by atoms with Crippen LogP contribution in [0.3, 0.4) is 0 Å². The summed E-state index contributed by atoms with van der Waals surface area (Å²) in [5.41, 5.74) is 6.34. The van der Waals surface area contributed by atoms with Gasteiger partial charge in [0.15, 0.2) is 0 Å². The molecule has 1 aliphatic rings. The zero-order valence-electron chi connectivity index (χ0n) is 9.00. The van der Waals surface area contributed by atoms with Crippen LogP contribution < -0.4 is 10.6 Å². The van der Waals surface area contributed by atoms with Crippen LogP contribution in [0.25, 0.3) is 0 Å². The second-order valence-corrected chi connectivity index (χ2v) is 4.77. The molecule has 0 spiro atoms. The van der Waals surface area contributed by atoms with Crippen LogP contribution in [-0.2, 0) is 9.59 Å². The minimum Gasteiger partial charge on any atom is -0.480 e. The van der Waals surface area contributed by atoms with Crippen molar-refractivity contribution in [1.82, 2.24) is 0 Å². The van der Waals surface area contributed by atoms with Gasteiger partial charge in [0, 0.05) is 10.6 Å². The molecule has 0 aromatic heterocycles. The summed E-state index contributed by atoms with van der Waals surface area (Å²) in [4.78, 5) is 24.9. The first-order valence-corrected chi connectivity index (χ1v) is 6.08. The summed E-state index contributed by atoms with van der Waals surface area (Å²) in [5, 5.41) is 8.85. The second kappa shape index (κ2) is 4.77. The van der Waals surface area contributed by atoms with Crippen molar-refractivity contribution in [1.29, 1.82) is 0 Å². The molecule has 0 unspecified atom stereocenters. The Morgan fingerprint density at radius 1 is 1.53 bits per heavy atom. The predicted octanol–water partition coefficient (Wildman–Crippen LogP) is 0.537. The molecule has 0 radical (unpaired) electrons. The maximum absolute atomic E-state index is 12.0. The van der Waals surface area contributed by atoms with Gasteiger partial charge >= 0.3 is 5.97 Å². The zero-order valence-corrected chi connectivity index (χ0v) is 9.81. The van der Waals surface area contributed by atoms with Gasteiger partial charge in [0.05, 0.1) is 11.7 Å². The molecule has 1 aromatic rings. The summed E-state index contributed by atoms with van der Waals surface area (Å²) in [7, 11) is 0. The van der Waals surface area contributed by atoms with E-state index < -0.39 is 12.0 Å². The van der Waals surface area contributed by atoms with E-state index in [1.807, 2.05) is 12.1 Å². The van der Waals surface area contributed by atoms with E-state index in [9.17, 15) is 9.59 Å². The second-order valence-electron chi connectivity index (χ2n) is 3.70. The number of fused-ring (bicyclic) bond motifs is 1. The number of anilines is 1. The van der Waals surface area contributed by atoms with E-state index in [1.54, 1.807) is 12.1 Å². The van der Waals surface area contributed by atoms with E-state index in [4.69, 9.17) is 10.8 Å². The van der Waals surface area contributed by atoms with Crippen LogP contribution in [0.2, 0.25) is 0 Å². The molecule has 0 aliphatic carbocycles. The summed E-state index contributed by atoms with van der Waals surface area (Å²) in [6.07, 6.45) is 0. The molecule has 1 amide bonds. The Morgan fingerprint density at radius 3 is 2.94 bits per heavy atom. The maximum atomic E-state index is 12.0. The number of hydrogen-bond acceptors (Lipinski definition) is 4. The van der Waals surface area contributed by atoms with E-state index in [2.05, 4.69) is 0 Å². The van der Waals surface area contributed by atoms with Crippen LogP contribution in [0.15, 0.2) is 29.2 Å². The maximum Gasteiger partial charge on any atom is 0.323 e. The Hall–Kier alpha value is -1.53. The third-order valence-electron chi connectivity index (χ3n) is 2.45. The van der Waals surface area contributed by atoms with Gasteiger partial charge in [-0.25, -0.2) is 0 Å². The number of carbonyl (C=O) groups is 2. The van der Waals surface area contributed by atoms with Gasteiger partial charge in [-0.15, -0.1) is 11.8 Å². The molecule has 17 heavy (non-hydrogen) atoms. The fraction of sp³-hybridized carbons (Fsp3) is 0.273. The number of carboxylic acids is 1. The molecular formula is C11H12N2O3S. The number of thioether (sulfide) groups is 1. The molecule has 90 valence electrons. The quantitative estimate of drug-likeness (QED) is 0.802. The first-order chi connectivity index (χ1) is 8.09. The molecule has 3 N–H and O–H groups in total. The topological polar surface area (TPSA) is 83.6 Å². The van der Waals surface area contributed by atoms with Crippen LogP contribution in [0.1, 0.15) is 0 Å². The molecule has 0 bridgehead atoms. The fourth-order valence-corrected chi connectivity index (χ4v) is 2.67. The van der Waals surface area contributed by atoms with Crippen LogP contribution >= 0.6 is 11.8 Å². The number of rotatable bonds is 2. The highest BCUT2D eigenvalue weighted by Gasteiger charge is 2.29. The minimum atomic E-state index is -1.05. The van der Waals surface area contributed by atoms with Crippen molar-refractivity contribution in [3.8, 4) is 0 Å². The molecule has 0 saturated carbocycles. The number of hydrogen-bond donors (Lipinski definition) is 2. The molecule has 1 aliphatic heterocycles. The normalized spacial score (nSPS) is 19.7. The first kappa shape index (κ1) is 11.9. The zero-order chi connectivity index (χ0) is 12.4. The van der Waals surface area contributed by atoms with E-state index >= 15 is 0 Å². The van der Waals surface area contributed by atoms with Crippen molar-refractivity contribution >= 4 is 29.3 Å². The molecule has 6 heteroatoms. The molecule has 0 saturated heterocycles. The van der Waals surface area contributed by atoms with Crippen molar-refractivity contribution in [2.45, 2.75) is 10.9 Å². The van der Waals surface area contributed by atoms with Crippen molar-refractivity contribution in [3.63, 3.8) is 0 Å². The fourth-order valence-electron chi connectivity index (χ4n) is 1.67. The Balaban J connectivity index is 2.43. The van der Waals surface area contributed by atoms with Crippen molar-refractivity contribution in [2.24, 2.45) is 5.73 Å². The van der Waals surface area contributed by atoms with Crippen LogP contribution in [0, 0.1) is 0 Å². The SMILES string of the molecule is N[C@H]1CSc2ccccc2N(CC(=O)O)C1=O. The van der Waals surface area contributed by atoms with Crippen molar-refractivity contribution in [2.75, 3.05) is 17.2 Å². The van der Waals surface area contributed by atoms with Gasteiger partial charge in [-0.3, -0.25) is 14.5 Å². The summed E-state index contributed by atoms with van der Waals surface area (Å²) < 4.78 is 0. The number of carboxylic acid groups (broad SMARTS) is 1. The first-order valence-electron chi connectivity index (χ1n) is 5.10. The highest BCUT2D eigenvalue weighted by Crippen LogP contribution is 2.33. The average molecular weight is 252 g/mol. The number of amides is 1. The summed E-state index contributed by atoms with van der Waals surface area (Å²) >= 11 is 1.47. The van der Waals surface area contributed by atoms with Crippen molar-refractivity contribution < 1.29 is 14.7 Å². The third-order valence-corrected chi connectivity index (χ3v) is 3.63. The molecule has 1 atom stereocenters. The Kier molecular flexibility index (Phi) is 3.35. The van der Waals surface area contributed by atoms with E-state index in [0.29, 0.717) is 11.4 Å². The van der Waals surface area contributed by atoms with Crippen molar-refractivity contribution in [3.05, 3.63) is 24.3 Å². The molecule has 1 heterocycles. The third kappa shape index (κ3) is 2.42. The van der Waals surface area contributed by atoms with E-state index in [0.717, 1.165) is 4.90 Å². The Morgan fingerprint density at radius 2 is 2.24 bits per heavy atom. The summed E-state index contributed by atoms with van der Waals surface area (Å²) in [6, 6.07) is 6.57. The lowest BCUT2D eigenvalue weighted by Gasteiger charge is -2.22. The molecule has 5 nitrogen and oxygen atoms in total. The predicted molar refractivity (Wildman–Crippen MR) is 65.1 cm³/mol. The van der Waals surface area contributed by atoms with E-state index in [1.165, 1.54) is 16.7 Å². The standard InChI is InChI=1S/C11H12N2O3S/c12-7-6-17-9-4-2-1-3-8(9)13(11(7)16)5-10(14)15/h1-4,7H,5-6,12H2,(H,14,15)/t7-/m0/s1. The van der Waals surface area contributed by atoms with Crippen LogP contribution in [-0.4, -0.2) is 35.3 Å². The van der Waals surface area contributed by atoms with Crippen LogP contribution in [0.4, 0.5) is 5.69 Å². The Bertz CT molecular complexity index is 464. The molecule has 0 fully saturated rings. The number of para-hydroxylation sites is 1. The minimum absolute atomic E-state index is 0.343. The lowest BCUT2D eigenvalue weighted by molar-refractivity contribution is -0.136. The molecular weight excluding hydrogens is 240 g/mol. The van der Waals surface area contributed by atoms with Gasteiger partial charge in [-0.05, 0) is 12.1 Å². The van der Waals surface area contributed by atoms with Gasteiger partial charge in [-0.1, -0.05) is 12.1 Å². The number of benzene rings is 1. The van der Waals surface area contributed by atoms with Gasteiger partial charge in [0.25, 0.3) is 0 Å².